The number of sulfonamides is 1. The molecule has 9 atom stereocenters. The minimum atomic E-state index is -3.43. The maximum absolute atomic E-state index is 14.1. The molecule has 4 heterocycles. The number of likely N-dealkylation sites (tertiary alicyclic amines) is 1. The van der Waals surface area contributed by atoms with Gasteiger partial charge in [0.1, 0.15) is 23.6 Å². The predicted molar refractivity (Wildman–Crippen MR) is 274 cm³/mol. The van der Waals surface area contributed by atoms with Crippen molar-refractivity contribution in [3.05, 3.63) is 0 Å². The maximum atomic E-state index is 14.1. The number of amides is 6. The first-order chi connectivity index (χ1) is 33.3. The van der Waals surface area contributed by atoms with Crippen molar-refractivity contribution in [1.82, 2.24) is 46.4 Å². The number of nitrogens with one attached hydrogen (secondary N) is 7. The minimum Gasteiger partial charge on any atom is -0.391 e. The third kappa shape index (κ3) is 16.7. The van der Waals surface area contributed by atoms with Gasteiger partial charge in [-0.2, -0.15) is 0 Å². The highest BCUT2D eigenvalue weighted by molar-refractivity contribution is 8.00. The van der Waals surface area contributed by atoms with Crippen LogP contribution in [0, 0.1) is 29.1 Å². The molecule has 5 unspecified atom stereocenters. The summed E-state index contributed by atoms with van der Waals surface area (Å²) in [7, 11) is -3.43. The van der Waals surface area contributed by atoms with Crippen LogP contribution in [0.3, 0.4) is 0 Å². The van der Waals surface area contributed by atoms with E-state index in [9.17, 15) is 42.3 Å². The van der Waals surface area contributed by atoms with E-state index >= 15 is 0 Å². The number of β-amino-alcohol motifs (C(OH)–C–C–N with tert-alkyl or cyclic N) is 1. The van der Waals surface area contributed by atoms with Gasteiger partial charge < -0.3 is 41.9 Å². The summed E-state index contributed by atoms with van der Waals surface area (Å²) in [6, 6.07) is -1.71. The van der Waals surface area contributed by atoms with Crippen molar-refractivity contribution in [2.75, 3.05) is 50.6 Å². The van der Waals surface area contributed by atoms with Gasteiger partial charge in [-0.05, 0) is 107 Å². The fourth-order valence-electron chi connectivity index (χ4n) is 11.3. The smallest absolute Gasteiger partial charge is 0.246 e. The molecule has 0 spiro atoms. The van der Waals surface area contributed by atoms with Crippen LogP contribution in [0.15, 0.2) is 0 Å². The van der Waals surface area contributed by atoms with E-state index in [-0.39, 0.29) is 73.9 Å². The third-order valence-corrected chi connectivity index (χ3v) is 19.5. The molecule has 2 aliphatic carbocycles. The molecule has 6 rings (SSSR count). The van der Waals surface area contributed by atoms with Crippen molar-refractivity contribution in [3.63, 3.8) is 0 Å². The van der Waals surface area contributed by atoms with Crippen molar-refractivity contribution in [2.45, 2.75) is 190 Å². The first-order valence-corrected chi connectivity index (χ1v) is 30.3. The second-order valence-corrected chi connectivity index (χ2v) is 26.5. The second-order valence-electron chi connectivity index (χ2n) is 22.2. The summed E-state index contributed by atoms with van der Waals surface area (Å²) in [5.41, 5.74) is -0.939. The zero-order valence-electron chi connectivity index (χ0n) is 42.4. The van der Waals surface area contributed by atoms with Crippen LogP contribution in [0.1, 0.15) is 143 Å². The van der Waals surface area contributed by atoms with Gasteiger partial charge in [0.25, 0.3) is 0 Å². The van der Waals surface area contributed by atoms with Crippen LogP contribution < -0.4 is 37.2 Å². The first-order valence-electron chi connectivity index (χ1n) is 26.4. The molecule has 6 fully saturated rings. The van der Waals surface area contributed by atoms with E-state index in [2.05, 4.69) is 44.1 Å². The number of thioether (sulfide) groups is 2. The topological polar surface area (TPSA) is 247 Å². The number of unbranched alkanes of at least 4 members (excludes halogenated alkanes) is 2. The van der Waals surface area contributed by atoms with E-state index in [1.807, 2.05) is 32.5 Å². The Morgan fingerprint density at radius 1 is 0.814 bits per heavy atom. The van der Waals surface area contributed by atoms with Gasteiger partial charge >= 0.3 is 0 Å². The van der Waals surface area contributed by atoms with E-state index in [1.165, 1.54) is 41.3 Å². The summed E-state index contributed by atoms with van der Waals surface area (Å²) in [6.07, 6.45) is 14.0. The molecule has 21 heteroatoms. The molecule has 8 N–H and O–H groups in total. The number of hydrogen-bond acceptors (Lipinski definition) is 13. The molecular weight excluding hydrogens is 955 g/mol. The lowest BCUT2D eigenvalue weighted by atomic mass is 9.79. The van der Waals surface area contributed by atoms with Gasteiger partial charge in [0, 0.05) is 80.9 Å². The average Bonchev–Trinajstić information content (AvgIpc) is 4.16. The fraction of sp³-hybridized carbons (Fsp3) is 0.878. The van der Waals surface area contributed by atoms with Crippen LogP contribution in [-0.4, -0.2) is 156 Å². The van der Waals surface area contributed by atoms with Crippen LogP contribution in [0.2, 0.25) is 0 Å². The van der Waals surface area contributed by atoms with Crippen molar-refractivity contribution in [2.24, 2.45) is 29.1 Å². The number of rotatable bonds is 22. The summed E-state index contributed by atoms with van der Waals surface area (Å²) in [4.78, 5) is 82.1. The average molecular weight is 1040 g/mol. The van der Waals surface area contributed by atoms with Crippen LogP contribution in [0.25, 0.3) is 0 Å². The molecule has 6 aliphatic rings. The summed E-state index contributed by atoms with van der Waals surface area (Å²) in [6.45, 7) is 9.11. The molecule has 0 radical (unpaired) electrons. The molecule has 398 valence electrons. The lowest BCUT2D eigenvalue weighted by Crippen LogP contribution is -2.58. The van der Waals surface area contributed by atoms with Crippen molar-refractivity contribution in [3.8, 4) is 0 Å². The first kappa shape index (κ1) is 56.6. The summed E-state index contributed by atoms with van der Waals surface area (Å²) in [5, 5.41) is 33.3. The number of aliphatic hydroxyl groups excluding tert-OH is 1. The molecule has 4 saturated heterocycles. The second kappa shape index (κ2) is 26.5. The quantitative estimate of drug-likeness (QED) is 0.0729. The molecule has 0 aromatic carbocycles. The Kier molecular flexibility index (Phi) is 21.4. The Morgan fingerprint density at radius 2 is 1.53 bits per heavy atom. The third-order valence-electron chi connectivity index (χ3n) is 15.6. The lowest BCUT2D eigenvalue weighted by molar-refractivity contribution is -0.144. The number of hydrogen-bond donors (Lipinski definition) is 8. The Bertz CT molecular complexity index is 1900. The van der Waals surface area contributed by atoms with Crippen LogP contribution in [-0.2, 0) is 38.8 Å². The summed E-state index contributed by atoms with van der Waals surface area (Å²) >= 11 is 3.68. The van der Waals surface area contributed by atoms with Crippen molar-refractivity contribution >= 4 is 69.0 Å². The molecule has 6 amide bonds. The minimum absolute atomic E-state index is 0.0176. The molecule has 0 aromatic rings. The van der Waals surface area contributed by atoms with Crippen molar-refractivity contribution in [1.29, 1.82) is 0 Å². The largest absolute Gasteiger partial charge is 0.391 e. The fourth-order valence-corrected chi connectivity index (χ4v) is 14.9. The number of aliphatic hydroxyl groups is 1. The highest BCUT2D eigenvalue weighted by atomic mass is 32.2. The van der Waals surface area contributed by atoms with E-state index < -0.39 is 51.5 Å². The molecular formula is C49H85N9O9S3. The maximum Gasteiger partial charge on any atom is 0.246 e. The zero-order valence-corrected chi connectivity index (χ0v) is 44.9. The van der Waals surface area contributed by atoms with Crippen LogP contribution in [0.4, 0.5) is 0 Å². The molecule has 0 aromatic heterocycles. The van der Waals surface area contributed by atoms with E-state index in [4.69, 9.17) is 0 Å². The van der Waals surface area contributed by atoms with Gasteiger partial charge in [-0.15, -0.1) is 23.5 Å². The predicted octanol–water partition coefficient (Wildman–Crippen LogP) is 2.75. The van der Waals surface area contributed by atoms with Gasteiger partial charge in [0.15, 0.2) is 0 Å². The van der Waals surface area contributed by atoms with Gasteiger partial charge in [0.2, 0.25) is 45.5 Å². The highest BCUT2D eigenvalue weighted by Crippen LogP contribution is 2.39. The lowest BCUT2D eigenvalue weighted by Gasteiger charge is -2.36. The Balaban J connectivity index is 0.888. The summed E-state index contributed by atoms with van der Waals surface area (Å²) in [5.74, 6) is 1.23. The van der Waals surface area contributed by atoms with Gasteiger partial charge in [-0.1, -0.05) is 40.0 Å². The summed E-state index contributed by atoms with van der Waals surface area (Å²) < 4.78 is 25.5. The molecule has 2 saturated carbocycles. The number of nitrogens with zero attached hydrogens (tertiary/aromatic N) is 2. The molecule has 0 bridgehead atoms. The molecule has 70 heavy (non-hydrogen) atoms. The normalized spacial score (nSPS) is 29.9. The van der Waals surface area contributed by atoms with Crippen molar-refractivity contribution < 1.29 is 42.3 Å². The SMILES string of the molecule is CC1NCSC1C1CCC(CNC(=O)[C@@H]2C[C@@H](O)CN2C(=O)[C@@H](NC(=O)CCCCC(=O)NCCCC[C@H](NC(=O)C2CCN(S(C)(=O)=O)C2)C(=O)NC2NC(C3CCCCC3)CS2)C(C)(C)C)CC1. The monoisotopic (exact) mass is 1040 g/mol. The standard InChI is InChI=1S/C49H85N9O9S3/c1-31-42(69-30-52-31)34-20-18-32(19-21-34)26-51-46(64)39-25-36(59)28-58(39)47(65)43(49(2,3)4)55-41(61)17-10-9-16-40(60)50-23-12-11-15-37(53-44(62)35-22-24-57(27-35)70(5,66)67)45(63)56-48-54-38(29-68-48)33-13-7-6-8-14-33/h31-39,42-43,48,52,54,59H,6-30H2,1-5H3,(H,50,60)(H,51,64)(H,53,62)(H,55,61)(H,56,63)/t31?,32?,34?,35?,36-,37+,38?,39+,42?,43-,48?/m1/s1. The van der Waals surface area contributed by atoms with Crippen LogP contribution in [0.5, 0.6) is 0 Å². The van der Waals surface area contributed by atoms with E-state index in [1.54, 1.807) is 11.8 Å². The number of carbonyl (C=O) groups is 6. The number of carbonyl (C=O) groups excluding carboxylic acids is 6. The molecule has 4 aliphatic heterocycles. The van der Waals surface area contributed by atoms with E-state index in [0.29, 0.717) is 86.7 Å². The van der Waals surface area contributed by atoms with Gasteiger partial charge in [0.05, 0.1) is 18.3 Å². The zero-order chi connectivity index (χ0) is 50.6. The highest BCUT2D eigenvalue weighted by Gasteiger charge is 2.45. The van der Waals surface area contributed by atoms with Gasteiger partial charge in [-0.3, -0.25) is 34.1 Å². The Morgan fingerprint density at radius 3 is 2.19 bits per heavy atom. The van der Waals surface area contributed by atoms with Crippen LogP contribution >= 0.6 is 23.5 Å². The Labute approximate surface area is 425 Å². The Hall–Kier alpha value is -2.69. The van der Waals surface area contributed by atoms with Gasteiger partial charge in [-0.25, -0.2) is 12.7 Å². The van der Waals surface area contributed by atoms with E-state index in [0.717, 1.165) is 43.6 Å². The molecule has 18 nitrogen and oxygen atoms in total.